The minimum absolute atomic E-state index is 0.0736. The van der Waals surface area contributed by atoms with Crippen LogP contribution < -0.4 is 14.2 Å². The average Bonchev–Trinajstić information content (AvgIpc) is 2.66. The molecule has 2 aromatic carbocycles. The molecular weight excluding hydrogens is 328 g/mol. The number of hydrogen-bond donors (Lipinski definition) is 0. The summed E-state index contributed by atoms with van der Waals surface area (Å²) in [6, 6.07) is 12.6. The number of hydrogen-bond acceptors (Lipinski definition) is 4. The lowest BCUT2D eigenvalue weighted by Crippen LogP contribution is -1.97. The molecule has 0 amide bonds. The molecule has 2 rings (SSSR count). The van der Waals surface area contributed by atoms with Gasteiger partial charge >= 0.3 is 0 Å². The molecule has 26 heavy (non-hydrogen) atoms. The molecule has 0 heterocycles. The summed E-state index contributed by atoms with van der Waals surface area (Å²) in [7, 11) is 3.19. The monoisotopic (exact) mass is 352 g/mol. The van der Waals surface area contributed by atoms with Crippen molar-refractivity contribution < 1.29 is 19.0 Å². The van der Waals surface area contributed by atoms with Crippen LogP contribution in [0.1, 0.15) is 29.8 Å². The van der Waals surface area contributed by atoms with Crippen molar-refractivity contribution in [2.45, 2.75) is 13.8 Å². The summed E-state index contributed by atoms with van der Waals surface area (Å²) in [5.41, 5.74) is 2.66. The molecule has 0 bridgehead atoms. The van der Waals surface area contributed by atoms with Crippen molar-refractivity contribution in [1.29, 1.82) is 0 Å². The van der Waals surface area contributed by atoms with Crippen molar-refractivity contribution in [1.82, 2.24) is 0 Å². The summed E-state index contributed by atoms with van der Waals surface area (Å²) in [6.45, 7) is 4.53. The fourth-order valence-electron chi connectivity index (χ4n) is 2.23. The van der Waals surface area contributed by atoms with Crippen LogP contribution in [0.5, 0.6) is 17.2 Å². The predicted octanol–water partition coefficient (Wildman–Crippen LogP) is 4.94. The number of ether oxygens (including phenoxy) is 3. The number of ketones is 1. The first-order chi connectivity index (χ1) is 12.5. The normalized spacial score (nSPS) is 10.5. The van der Waals surface area contributed by atoms with Crippen molar-refractivity contribution in [2.24, 2.45) is 0 Å². The third-order valence-corrected chi connectivity index (χ3v) is 3.72. The molecule has 0 aliphatic rings. The Hall–Kier alpha value is -3.01. The zero-order valence-electron chi connectivity index (χ0n) is 15.6. The molecule has 0 N–H and O–H groups in total. The molecule has 0 saturated heterocycles. The quantitative estimate of drug-likeness (QED) is 0.383. The van der Waals surface area contributed by atoms with Gasteiger partial charge in [0, 0.05) is 5.56 Å². The maximum absolute atomic E-state index is 12.3. The lowest BCUT2D eigenvalue weighted by atomic mass is 10.1. The van der Waals surface area contributed by atoms with Gasteiger partial charge in [-0.3, -0.25) is 4.79 Å². The van der Waals surface area contributed by atoms with E-state index in [4.69, 9.17) is 14.2 Å². The summed E-state index contributed by atoms with van der Waals surface area (Å²) < 4.78 is 16.2. The molecule has 0 fully saturated rings. The van der Waals surface area contributed by atoms with E-state index < -0.39 is 0 Å². The maximum atomic E-state index is 12.3. The van der Waals surface area contributed by atoms with Gasteiger partial charge in [-0.1, -0.05) is 17.7 Å². The molecular formula is C22H24O4. The van der Waals surface area contributed by atoms with Crippen molar-refractivity contribution in [3.63, 3.8) is 0 Å². The fraction of sp³-hybridized carbons (Fsp3) is 0.227. The van der Waals surface area contributed by atoms with Crippen LogP contribution in [-0.2, 0) is 0 Å². The SMILES string of the molecule is COc1ccc(C(=O)/C=C/c2ccc(OCC=C(C)C)c(OC)c2)cc1. The summed E-state index contributed by atoms with van der Waals surface area (Å²) in [4.78, 5) is 12.3. The van der Waals surface area contributed by atoms with Crippen LogP contribution in [0.2, 0.25) is 0 Å². The molecule has 0 unspecified atom stereocenters. The van der Waals surface area contributed by atoms with Gasteiger partial charge in [0.2, 0.25) is 0 Å². The van der Waals surface area contributed by atoms with Crippen LogP contribution in [0.3, 0.4) is 0 Å². The molecule has 0 atom stereocenters. The molecule has 4 nitrogen and oxygen atoms in total. The van der Waals surface area contributed by atoms with Crippen molar-refractivity contribution in [3.05, 3.63) is 71.3 Å². The molecule has 0 saturated carbocycles. The van der Waals surface area contributed by atoms with E-state index in [1.165, 1.54) is 5.57 Å². The van der Waals surface area contributed by atoms with Crippen LogP contribution in [-0.4, -0.2) is 26.6 Å². The first-order valence-electron chi connectivity index (χ1n) is 8.34. The lowest BCUT2D eigenvalue weighted by Gasteiger charge is -2.10. The summed E-state index contributed by atoms with van der Waals surface area (Å²) in [5.74, 6) is 1.95. The molecule has 0 aromatic heterocycles. The Bertz CT molecular complexity index is 797. The summed E-state index contributed by atoms with van der Waals surface area (Å²) in [5, 5.41) is 0. The molecule has 4 heteroatoms. The van der Waals surface area contributed by atoms with Crippen molar-refractivity contribution in [2.75, 3.05) is 20.8 Å². The van der Waals surface area contributed by atoms with Crippen LogP contribution in [0.4, 0.5) is 0 Å². The number of carbonyl (C=O) groups excluding carboxylic acids is 1. The summed E-state index contributed by atoms with van der Waals surface area (Å²) in [6.07, 6.45) is 5.30. The van der Waals surface area contributed by atoms with E-state index in [1.54, 1.807) is 50.6 Å². The Morgan fingerprint density at radius 3 is 2.31 bits per heavy atom. The second kappa shape index (κ2) is 9.47. The number of rotatable bonds is 8. The molecule has 0 aliphatic heterocycles. The van der Waals surface area contributed by atoms with Gasteiger partial charge < -0.3 is 14.2 Å². The van der Waals surface area contributed by atoms with Crippen molar-refractivity contribution in [3.8, 4) is 17.2 Å². The van der Waals surface area contributed by atoms with Gasteiger partial charge in [0.25, 0.3) is 0 Å². The van der Waals surface area contributed by atoms with Gasteiger partial charge in [-0.15, -0.1) is 0 Å². The van der Waals surface area contributed by atoms with Crippen LogP contribution >= 0.6 is 0 Å². The topological polar surface area (TPSA) is 44.8 Å². The molecule has 0 spiro atoms. The molecule has 136 valence electrons. The Labute approximate surface area is 154 Å². The minimum Gasteiger partial charge on any atom is -0.497 e. The second-order valence-electron chi connectivity index (χ2n) is 5.93. The molecule has 0 aliphatic carbocycles. The van der Waals surface area contributed by atoms with E-state index in [0.29, 0.717) is 23.7 Å². The Kier molecular flexibility index (Phi) is 7.03. The number of methoxy groups -OCH3 is 2. The third kappa shape index (κ3) is 5.52. The number of benzene rings is 2. The van der Waals surface area contributed by atoms with E-state index in [9.17, 15) is 4.79 Å². The first-order valence-corrected chi connectivity index (χ1v) is 8.34. The van der Waals surface area contributed by atoms with E-state index in [0.717, 1.165) is 11.3 Å². The maximum Gasteiger partial charge on any atom is 0.185 e. The lowest BCUT2D eigenvalue weighted by molar-refractivity contribution is 0.104. The minimum atomic E-state index is -0.0736. The zero-order valence-corrected chi connectivity index (χ0v) is 15.6. The van der Waals surface area contributed by atoms with Gasteiger partial charge in [0.1, 0.15) is 12.4 Å². The Balaban J connectivity index is 2.09. The molecule has 0 radical (unpaired) electrons. The predicted molar refractivity (Wildman–Crippen MR) is 104 cm³/mol. The largest absolute Gasteiger partial charge is 0.497 e. The van der Waals surface area contributed by atoms with Crippen LogP contribution in [0.25, 0.3) is 6.08 Å². The first kappa shape index (κ1) is 19.3. The zero-order chi connectivity index (χ0) is 18.9. The second-order valence-corrected chi connectivity index (χ2v) is 5.93. The number of allylic oxidation sites excluding steroid dienone is 2. The van der Waals surface area contributed by atoms with E-state index in [-0.39, 0.29) is 5.78 Å². The Morgan fingerprint density at radius 1 is 0.962 bits per heavy atom. The number of carbonyl (C=O) groups is 1. The van der Waals surface area contributed by atoms with Crippen LogP contribution in [0, 0.1) is 0 Å². The highest BCUT2D eigenvalue weighted by Crippen LogP contribution is 2.28. The van der Waals surface area contributed by atoms with Gasteiger partial charge in [0.15, 0.2) is 17.3 Å². The fourth-order valence-corrected chi connectivity index (χ4v) is 2.23. The Morgan fingerprint density at radius 2 is 1.69 bits per heavy atom. The van der Waals surface area contributed by atoms with E-state index >= 15 is 0 Å². The highest BCUT2D eigenvalue weighted by Gasteiger charge is 2.06. The van der Waals surface area contributed by atoms with E-state index in [1.807, 2.05) is 38.1 Å². The van der Waals surface area contributed by atoms with E-state index in [2.05, 4.69) is 0 Å². The van der Waals surface area contributed by atoms with Gasteiger partial charge in [-0.25, -0.2) is 0 Å². The van der Waals surface area contributed by atoms with Crippen molar-refractivity contribution >= 4 is 11.9 Å². The highest BCUT2D eigenvalue weighted by atomic mass is 16.5. The van der Waals surface area contributed by atoms with Gasteiger partial charge in [0.05, 0.1) is 14.2 Å². The molecule has 2 aromatic rings. The van der Waals surface area contributed by atoms with Crippen LogP contribution in [0.15, 0.2) is 60.2 Å². The third-order valence-electron chi connectivity index (χ3n) is 3.72. The average molecular weight is 352 g/mol. The van der Waals surface area contributed by atoms with Gasteiger partial charge in [-0.05, 0) is 68.0 Å². The standard InChI is InChI=1S/C22H24O4/c1-16(2)13-14-26-21-12-6-17(15-22(21)25-4)5-11-20(23)18-7-9-19(24-3)10-8-18/h5-13,15H,14H2,1-4H3/b11-5+. The smallest absolute Gasteiger partial charge is 0.185 e. The van der Waals surface area contributed by atoms with Gasteiger partial charge in [-0.2, -0.15) is 0 Å². The highest BCUT2D eigenvalue weighted by molar-refractivity contribution is 6.06. The summed E-state index contributed by atoms with van der Waals surface area (Å²) >= 11 is 0.